The summed E-state index contributed by atoms with van der Waals surface area (Å²) >= 11 is 0. The molecule has 3 heterocycles. The van der Waals surface area contributed by atoms with Gasteiger partial charge in [0, 0.05) is 0 Å². The standard InChI is InChI=1S/3C10H12O2.2C10H16.4C2H6.3CH4/c3*1-8-4-2-3-5-10(8)12-7-9-6-11-9;2*1-2-9-7-4-5-8(6-7)10(9)3-1;4*1-2;;;/h3*2-5,9H,6-7H2,1H3;2*7-10H,1-6H2;4*1-2H3;3*1H4. The maximum Gasteiger partial charge on any atom is 0.122 e. The molecule has 11 atom stereocenters. The van der Waals surface area contributed by atoms with E-state index in [1.807, 2.05) is 149 Å². The van der Waals surface area contributed by atoms with E-state index in [0.29, 0.717) is 38.1 Å². The van der Waals surface area contributed by atoms with Crippen molar-refractivity contribution < 1.29 is 28.4 Å². The van der Waals surface area contributed by atoms with E-state index in [0.717, 1.165) is 37.1 Å². The Morgan fingerprint density at radius 1 is 0.373 bits per heavy atom. The van der Waals surface area contributed by atoms with Crippen LogP contribution in [-0.4, -0.2) is 58.0 Å². The molecule has 9 fully saturated rings. The maximum atomic E-state index is 5.54. The highest BCUT2D eigenvalue weighted by Gasteiger charge is 2.49. The SMILES string of the molecule is C.C.C.C1CC2C3CCC(C3)C2C1.C1CC2C3CCC(C3)C2C1.CC.CC.CC.CC.Cc1ccccc1OCC1CO1.Cc1ccccc1OCC1CO1.Cc1ccccc1OCC1CO1. The zero-order valence-electron chi connectivity index (χ0n) is 42.5. The molecule has 11 unspecified atom stereocenters. The van der Waals surface area contributed by atoms with Gasteiger partial charge in [0.2, 0.25) is 0 Å². The summed E-state index contributed by atoms with van der Waals surface area (Å²) in [6, 6.07) is 24.1. The van der Waals surface area contributed by atoms with Crippen LogP contribution >= 0.6 is 0 Å². The Labute approximate surface area is 414 Å². The lowest BCUT2D eigenvalue weighted by molar-refractivity contribution is 0.259. The van der Waals surface area contributed by atoms with Gasteiger partial charge in [-0.25, -0.2) is 0 Å². The topological polar surface area (TPSA) is 65.3 Å². The first kappa shape index (κ1) is 62.0. The molecule has 67 heavy (non-hydrogen) atoms. The van der Waals surface area contributed by atoms with Crippen LogP contribution in [0.3, 0.4) is 0 Å². The van der Waals surface area contributed by atoms with Crippen molar-refractivity contribution >= 4 is 0 Å². The van der Waals surface area contributed by atoms with Gasteiger partial charge in [0.25, 0.3) is 0 Å². The Bertz CT molecular complexity index is 1460. The molecule has 3 aliphatic heterocycles. The summed E-state index contributed by atoms with van der Waals surface area (Å²) < 4.78 is 31.7. The van der Waals surface area contributed by atoms with Gasteiger partial charge in [-0.2, -0.15) is 0 Å². The van der Waals surface area contributed by atoms with Crippen LogP contribution in [0.4, 0.5) is 0 Å². The van der Waals surface area contributed by atoms with Gasteiger partial charge < -0.3 is 28.4 Å². The van der Waals surface area contributed by atoms with Crippen molar-refractivity contribution in [3.8, 4) is 17.2 Å². The third kappa shape index (κ3) is 20.1. The van der Waals surface area contributed by atoms with Crippen LogP contribution in [0, 0.1) is 68.1 Å². The summed E-state index contributed by atoms with van der Waals surface area (Å²) in [6.07, 6.45) is 20.1. The molecule has 3 aromatic rings. The first-order valence-electron chi connectivity index (χ1n) is 26.4. The lowest BCUT2D eigenvalue weighted by Crippen LogP contribution is -2.15. The zero-order valence-corrected chi connectivity index (χ0v) is 42.5. The number of benzene rings is 3. The van der Waals surface area contributed by atoms with E-state index in [2.05, 4.69) is 0 Å². The molecule has 3 saturated heterocycles. The number of fused-ring (bicyclic) bond motifs is 10. The Morgan fingerprint density at radius 2 is 0.597 bits per heavy atom. The molecule has 6 heteroatoms. The van der Waals surface area contributed by atoms with E-state index < -0.39 is 0 Å². The smallest absolute Gasteiger partial charge is 0.122 e. The zero-order chi connectivity index (χ0) is 46.3. The number of ether oxygens (including phenoxy) is 6. The van der Waals surface area contributed by atoms with Crippen molar-refractivity contribution in [2.75, 3.05) is 39.6 Å². The molecule has 6 aliphatic carbocycles. The van der Waals surface area contributed by atoms with Crippen molar-refractivity contribution in [1.29, 1.82) is 0 Å². The number of epoxide rings is 3. The minimum atomic E-state index is 0. The second-order valence-electron chi connectivity index (χ2n) is 18.3. The summed E-state index contributed by atoms with van der Waals surface area (Å²) in [5, 5.41) is 0. The van der Waals surface area contributed by atoms with E-state index in [1.54, 1.807) is 77.0 Å². The summed E-state index contributed by atoms with van der Waals surface area (Å²) in [7, 11) is 0. The molecule has 9 aliphatic rings. The van der Waals surface area contributed by atoms with E-state index in [1.165, 1.54) is 64.0 Å². The number of para-hydroxylation sites is 3. The molecule has 3 aromatic carbocycles. The summed E-state index contributed by atoms with van der Waals surface area (Å²) in [5.74, 6) is 12.5. The molecule has 6 nitrogen and oxygen atoms in total. The van der Waals surface area contributed by atoms with Gasteiger partial charge in [-0.05, 0) is 167 Å². The molecule has 0 aromatic heterocycles. The van der Waals surface area contributed by atoms with Crippen molar-refractivity contribution in [2.24, 2.45) is 47.3 Å². The fourth-order valence-electron chi connectivity index (χ4n) is 11.2. The number of rotatable bonds is 9. The molecular formula is C61H104O6. The normalized spacial score (nSPS) is 28.6. The fraction of sp³-hybridized carbons (Fsp3) is 0.705. The highest BCUT2D eigenvalue weighted by atomic mass is 16.6. The molecule has 0 amide bonds. The average molecular weight is 933 g/mol. The van der Waals surface area contributed by atoms with Crippen LogP contribution in [0.5, 0.6) is 17.2 Å². The lowest BCUT2D eigenvalue weighted by atomic mass is 9.82. The lowest BCUT2D eigenvalue weighted by Gasteiger charge is -2.23. The largest absolute Gasteiger partial charge is 0.491 e. The van der Waals surface area contributed by atoms with Gasteiger partial charge in [0.15, 0.2) is 0 Å². The third-order valence-corrected chi connectivity index (χ3v) is 14.5. The minimum Gasteiger partial charge on any atom is -0.491 e. The first-order valence-corrected chi connectivity index (χ1v) is 26.4. The highest BCUT2D eigenvalue weighted by molar-refractivity contribution is 5.33. The van der Waals surface area contributed by atoms with E-state index >= 15 is 0 Å². The second-order valence-corrected chi connectivity index (χ2v) is 18.3. The van der Waals surface area contributed by atoms with Crippen molar-refractivity contribution in [3.05, 3.63) is 89.5 Å². The van der Waals surface area contributed by atoms with Crippen LogP contribution in [0.2, 0.25) is 0 Å². The predicted molar refractivity (Wildman–Crippen MR) is 288 cm³/mol. The van der Waals surface area contributed by atoms with Crippen LogP contribution in [0.25, 0.3) is 0 Å². The minimum absolute atomic E-state index is 0. The Kier molecular flexibility index (Phi) is 31.7. The van der Waals surface area contributed by atoms with Crippen molar-refractivity contribution in [3.63, 3.8) is 0 Å². The third-order valence-electron chi connectivity index (χ3n) is 14.5. The predicted octanol–water partition coefficient (Wildman–Crippen LogP) is 17.0. The van der Waals surface area contributed by atoms with Crippen LogP contribution in [0.1, 0.15) is 171 Å². The Hall–Kier alpha value is -3.06. The monoisotopic (exact) mass is 933 g/mol. The molecule has 6 saturated carbocycles. The molecule has 384 valence electrons. The van der Waals surface area contributed by atoms with Crippen molar-refractivity contribution in [2.45, 2.75) is 194 Å². The fourth-order valence-corrected chi connectivity index (χ4v) is 11.2. The van der Waals surface area contributed by atoms with Gasteiger partial charge in [0.05, 0.1) is 19.8 Å². The Balaban J connectivity index is 0.000000399. The number of aryl methyl sites for hydroxylation is 3. The van der Waals surface area contributed by atoms with Gasteiger partial charge in [-0.15, -0.1) is 0 Å². The molecule has 0 spiro atoms. The van der Waals surface area contributed by atoms with Crippen molar-refractivity contribution in [1.82, 2.24) is 0 Å². The molecule has 12 rings (SSSR count). The quantitative estimate of drug-likeness (QED) is 0.199. The number of hydrogen-bond acceptors (Lipinski definition) is 6. The molecule has 0 radical (unpaired) electrons. The van der Waals surface area contributed by atoms with Gasteiger partial charge in [-0.1, -0.05) is 145 Å². The molecule has 0 N–H and O–H groups in total. The van der Waals surface area contributed by atoms with Gasteiger partial charge in [-0.3, -0.25) is 0 Å². The van der Waals surface area contributed by atoms with Gasteiger partial charge >= 0.3 is 0 Å². The van der Waals surface area contributed by atoms with E-state index in [4.69, 9.17) is 28.4 Å². The van der Waals surface area contributed by atoms with Crippen LogP contribution < -0.4 is 14.2 Å². The maximum absolute atomic E-state index is 5.54. The van der Waals surface area contributed by atoms with E-state index in [9.17, 15) is 0 Å². The van der Waals surface area contributed by atoms with Crippen LogP contribution in [-0.2, 0) is 14.2 Å². The molecule has 4 bridgehead atoms. The van der Waals surface area contributed by atoms with E-state index in [-0.39, 0.29) is 22.3 Å². The Morgan fingerprint density at radius 3 is 0.806 bits per heavy atom. The second kappa shape index (κ2) is 34.3. The van der Waals surface area contributed by atoms with Crippen LogP contribution in [0.15, 0.2) is 72.8 Å². The first-order chi connectivity index (χ1) is 31.5. The highest BCUT2D eigenvalue weighted by Crippen LogP contribution is 2.59. The summed E-state index contributed by atoms with van der Waals surface area (Å²) in [5.41, 5.74) is 3.54. The summed E-state index contributed by atoms with van der Waals surface area (Å²) in [6.45, 7) is 26.7. The van der Waals surface area contributed by atoms with Gasteiger partial charge in [0.1, 0.15) is 55.4 Å². The molecular weight excluding hydrogens is 829 g/mol. The average Bonchev–Trinajstić information content (AvgIpc) is 4.25. The number of hydrogen-bond donors (Lipinski definition) is 0. The summed E-state index contributed by atoms with van der Waals surface area (Å²) in [4.78, 5) is 0.